The molecule has 1 rings (SSSR count). The average Bonchev–Trinajstić information content (AvgIpc) is 2.89. The van der Waals surface area contributed by atoms with Gasteiger partial charge in [-0.3, -0.25) is 4.79 Å². The maximum absolute atomic E-state index is 11.2. The number of rotatable bonds is 11. The Bertz CT molecular complexity index is 315. The fraction of sp³-hybridized carbons (Fsp3) is 0.706. The fourth-order valence-electron chi connectivity index (χ4n) is 2.60. The molecule has 0 aliphatic heterocycles. The molecule has 0 saturated carbocycles. The number of carboxylic acid groups (broad SMARTS) is 1. The summed E-state index contributed by atoms with van der Waals surface area (Å²) in [4.78, 5) is 11.2. The maximum atomic E-state index is 11.2. The molecule has 2 heteroatoms. The molecule has 0 bridgehead atoms. The first-order valence-electron chi connectivity index (χ1n) is 7.82. The van der Waals surface area contributed by atoms with Gasteiger partial charge in [0.1, 0.15) is 0 Å². The lowest BCUT2D eigenvalue weighted by Gasteiger charge is -2.12. The van der Waals surface area contributed by atoms with Crippen molar-refractivity contribution in [2.75, 3.05) is 0 Å². The Morgan fingerprint density at radius 3 is 2.58 bits per heavy atom. The van der Waals surface area contributed by atoms with E-state index in [0.29, 0.717) is 0 Å². The second kappa shape index (κ2) is 9.82. The van der Waals surface area contributed by atoms with Gasteiger partial charge in [-0.05, 0) is 25.7 Å². The molecule has 0 aromatic carbocycles. The van der Waals surface area contributed by atoms with E-state index in [4.69, 9.17) is 0 Å². The first-order valence-corrected chi connectivity index (χ1v) is 7.82. The Hall–Kier alpha value is -1.05. The summed E-state index contributed by atoms with van der Waals surface area (Å²) in [6.07, 6.45) is 17.4. The third-order valence-electron chi connectivity index (χ3n) is 3.88. The second-order valence-electron chi connectivity index (χ2n) is 5.55. The van der Waals surface area contributed by atoms with Crippen molar-refractivity contribution in [2.24, 2.45) is 5.92 Å². The van der Waals surface area contributed by atoms with Crippen LogP contribution >= 0.6 is 0 Å². The van der Waals surface area contributed by atoms with Crippen LogP contribution in [-0.4, -0.2) is 11.1 Å². The quantitative estimate of drug-likeness (QED) is 0.527. The largest absolute Gasteiger partial charge is 0.481 e. The van der Waals surface area contributed by atoms with Crippen LogP contribution in [0.3, 0.4) is 0 Å². The summed E-state index contributed by atoms with van der Waals surface area (Å²) >= 11 is 0. The lowest BCUT2D eigenvalue weighted by atomic mass is 9.94. The van der Waals surface area contributed by atoms with E-state index >= 15 is 0 Å². The standard InChI is InChI=1S/C17H28O2/c1-2-3-4-5-6-7-12-16(17(18)19)14-13-15-10-8-9-11-15/h8,10-11,16H,2-7,9,12-14H2,1H3,(H,18,19). The molecular formula is C17H28O2. The normalized spacial score (nSPS) is 15.5. The minimum Gasteiger partial charge on any atom is -0.481 e. The molecule has 108 valence electrons. The molecule has 0 fully saturated rings. The van der Waals surface area contributed by atoms with E-state index in [9.17, 15) is 9.90 Å². The second-order valence-corrected chi connectivity index (χ2v) is 5.55. The highest BCUT2D eigenvalue weighted by Crippen LogP contribution is 2.22. The van der Waals surface area contributed by atoms with Crippen molar-refractivity contribution >= 4 is 5.97 Å². The highest BCUT2D eigenvalue weighted by molar-refractivity contribution is 5.69. The number of aliphatic carboxylic acids is 1. The van der Waals surface area contributed by atoms with Crippen LogP contribution in [0.2, 0.25) is 0 Å². The molecule has 19 heavy (non-hydrogen) atoms. The van der Waals surface area contributed by atoms with Crippen LogP contribution in [0.1, 0.15) is 71.1 Å². The smallest absolute Gasteiger partial charge is 0.306 e. The Labute approximate surface area is 117 Å². The van der Waals surface area contributed by atoms with Gasteiger partial charge in [0.2, 0.25) is 0 Å². The molecule has 1 N–H and O–H groups in total. The van der Waals surface area contributed by atoms with Gasteiger partial charge in [0, 0.05) is 0 Å². The number of unbranched alkanes of at least 4 members (excludes halogenated alkanes) is 5. The molecule has 0 aromatic heterocycles. The Kier molecular flexibility index (Phi) is 8.28. The summed E-state index contributed by atoms with van der Waals surface area (Å²) in [5.41, 5.74) is 1.31. The highest BCUT2D eigenvalue weighted by atomic mass is 16.4. The van der Waals surface area contributed by atoms with Crippen molar-refractivity contribution in [3.63, 3.8) is 0 Å². The van der Waals surface area contributed by atoms with Gasteiger partial charge >= 0.3 is 5.97 Å². The molecule has 1 aliphatic rings. The van der Waals surface area contributed by atoms with Crippen molar-refractivity contribution in [2.45, 2.75) is 71.1 Å². The molecule has 0 heterocycles. The minimum absolute atomic E-state index is 0.152. The van der Waals surface area contributed by atoms with E-state index in [1.54, 1.807) is 0 Å². The molecule has 0 saturated heterocycles. The number of hydrogen-bond donors (Lipinski definition) is 1. The molecule has 2 nitrogen and oxygen atoms in total. The Morgan fingerprint density at radius 1 is 1.21 bits per heavy atom. The van der Waals surface area contributed by atoms with Crippen molar-refractivity contribution in [1.82, 2.24) is 0 Å². The van der Waals surface area contributed by atoms with Crippen LogP contribution in [0.4, 0.5) is 0 Å². The molecule has 1 aliphatic carbocycles. The zero-order chi connectivity index (χ0) is 13.9. The van der Waals surface area contributed by atoms with Gasteiger partial charge in [0.15, 0.2) is 0 Å². The van der Waals surface area contributed by atoms with Gasteiger partial charge in [0.25, 0.3) is 0 Å². The molecule has 1 atom stereocenters. The Balaban J connectivity index is 2.13. The fourth-order valence-corrected chi connectivity index (χ4v) is 2.60. The molecule has 1 unspecified atom stereocenters. The van der Waals surface area contributed by atoms with Crippen LogP contribution in [0.5, 0.6) is 0 Å². The van der Waals surface area contributed by atoms with Crippen LogP contribution in [0.25, 0.3) is 0 Å². The van der Waals surface area contributed by atoms with Gasteiger partial charge in [-0.1, -0.05) is 69.2 Å². The summed E-state index contributed by atoms with van der Waals surface area (Å²) in [7, 11) is 0. The van der Waals surface area contributed by atoms with Crippen molar-refractivity contribution in [1.29, 1.82) is 0 Å². The van der Waals surface area contributed by atoms with Crippen molar-refractivity contribution < 1.29 is 9.90 Å². The first kappa shape index (κ1) is 16.0. The summed E-state index contributed by atoms with van der Waals surface area (Å²) in [6, 6.07) is 0. The monoisotopic (exact) mass is 264 g/mol. The van der Waals surface area contributed by atoms with Gasteiger partial charge in [-0.25, -0.2) is 0 Å². The minimum atomic E-state index is -0.615. The number of carbonyl (C=O) groups is 1. The lowest BCUT2D eigenvalue weighted by Crippen LogP contribution is -2.13. The van der Waals surface area contributed by atoms with Gasteiger partial charge in [-0.15, -0.1) is 0 Å². The number of hydrogen-bond acceptors (Lipinski definition) is 1. The number of carboxylic acids is 1. The Morgan fingerprint density at radius 2 is 1.95 bits per heavy atom. The average molecular weight is 264 g/mol. The van der Waals surface area contributed by atoms with E-state index in [0.717, 1.165) is 32.1 Å². The molecule has 0 spiro atoms. The molecular weight excluding hydrogens is 236 g/mol. The predicted octanol–water partition coefficient (Wildman–Crippen LogP) is 5.10. The summed E-state index contributed by atoms with van der Waals surface area (Å²) in [5, 5.41) is 9.25. The molecule has 0 aromatic rings. The summed E-state index contributed by atoms with van der Waals surface area (Å²) in [6.45, 7) is 2.21. The van der Waals surface area contributed by atoms with Crippen LogP contribution in [-0.2, 0) is 4.79 Å². The van der Waals surface area contributed by atoms with Gasteiger partial charge in [0.05, 0.1) is 5.92 Å². The van der Waals surface area contributed by atoms with Crippen molar-refractivity contribution in [3.05, 3.63) is 23.8 Å². The molecule has 0 radical (unpaired) electrons. The maximum Gasteiger partial charge on any atom is 0.306 e. The van der Waals surface area contributed by atoms with E-state index in [1.807, 2.05) is 0 Å². The van der Waals surface area contributed by atoms with Gasteiger partial charge < -0.3 is 5.11 Å². The van der Waals surface area contributed by atoms with E-state index in [2.05, 4.69) is 25.2 Å². The predicted molar refractivity (Wildman–Crippen MR) is 80.2 cm³/mol. The SMILES string of the molecule is CCCCCCCCC(CCC1=CCC=C1)C(=O)O. The zero-order valence-corrected chi connectivity index (χ0v) is 12.2. The highest BCUT2D eigenvalue weighted by Gasteiger charge is 2.17. The zero-order valence-electron chi connectivity index (χ0n) is 12.2. The summed E-state index contributed by atoms with van der Waals surface area (Å²) < 4.78 is 0. The van der Waals surface area contributed by atoms with Crippen LogP contribution in [0, 0.1) is 5.92 Å². The third kappa shape index (κ3) is 7.19. The van der Waals surface area contributed by atoms with Crippen LogP contribution < -0.4 is 0 Å². The van der Waals surface area contributed by atoms with E-state index < -0.39 is 5.97 Å². The van der Waals surface area contributed by atoms with Crippen molar-refractivity contribution in [3.8, 4) is 0 Å². The van der Waals surface area contributed by atoms with E-state index in [1.165, 1.54) is 37.7 Å². The number of allylic oxidation sites excluding steroid dienone is 4. The van der Waals surface area contributed by atoms with Gasteiger partial charge in [-0.2, -0.15) is 0 Å². The topological polar surface area (TPSA) is 37.3 Å². The van der Waals surface area contributed by atoms with E-state index in [-0.39, 0.29) is 5.92 Å². The first-order chi connectivity index (χ1) is 9.24. The van der Waals surface area contributed by atoms with Crippen LogP contribution in [0.15, 0.2) is 23.8 Å². The lowest BCUT2D eigenvalue weighted by molar-refractivity contribution is -0.142. The third-order valence-corrected chi connectivity index (χ3v) is 3.88. The molecule has 0 amide bonds. The summed E-state index contributed by atoms with van der Waals surface area (Å²) in [5.74, 6) is -0.766.